The first-order valence-corrected chi connectivity index (χ1v) is 5.66. The fourth-order valence-corrected chi connectivity index (χ4v) is 1.85. The van der Waals surface area contributed by atoms with Crippen molar-refractivity contribution in [1.82, 2.24) is 15.1 Å². The van der Waals surface area contributed by atoms with E-state index in [-0.39, 0.29) is 11.8 Å². The minimum Gasteiger partial charge on any atom is -0.312 e. The maximum Gasteiger partial charge on any atom is 0.228 e. The average molecular weight is 222 g/mol. The number of hydrogen-bond donors (Lipinski definition) is 2. The molecule has 0 saturated carbocycles. The van der Waals surface area contributed by atoms with Gasteiger partial charge >= 0.3 is 0 Å². The van der Waals surface area contributed by atoms with Gasteiger partial charge in [0, 0.05) is 38.0 Å². The third-order valence-electron chi connectivity index (χ3n) is 2.83. The van der Waals surface area contributed by atoms with Crippen LogP contribution in [-0.2, 0) is 24.8 Å². The Kier molecular flexibility index (Phi) is 2.96. The average Bonchev–Trinajstić information content (AvgIpc) is 2.55. The molecule has 5 nitrogen and oxygen atoms in total. The van der Waals surface area contributed by atoms with Crippen LogP contribution in [0.4, 0.5) is 5.82 Å². The van der Waals surface area contributed by atoms with Gasteiger partial charge < -0.3 is 10.6 Å². The standard InChI is InChI=1S/C11H18N4O/c1-7(2)11(16)13-10-8-6-12-5-4-9(8)14-15(10)3/h7,12H,4-6H2,1-3H3,(H,13,16). The molecular weight excluding hydrogens is 204 g/mol. The topological polar surface area (TPSA) is 59.0 Å². The maximum atomic E-state index is 11.7. The van der Waals surface area contributed by atoms with Gasteiger partial charge in [-0.15, -0.1) is 0 Å². The molecule has 0 unspecified atom stereocenters. The quantitative estimate of drug-likeness (QED) is 0.773. The molecule has 1 aromatic rings. The van der Waals surface area contributed by atoms with Crippen LogP contribution in [0.2, 0.25) is 0 Å². The van der Waals surface area contributed by atoms with E-state index in [1.54, 1.807) is 4.68 Å². The molecular formula is C11H18N4O. The number of aryl methyl sites for hydroxylation is 1. The van der Waals surface area contributed by atoms with E-state index in [4.69, 9.17) is 0 Å². The minimum atomic E-state index is -0.0119. The van der Waals surface area contributed by atoms with Crippen molar-refractivity contribution >= 4 is 11.7 Å². The van der Waals surface area contributed by atoms with Crippen molar-refractivity contribution in [3.63, 3.8) is 0 Å². The van der Waals surface area contributed by atoms with E-state index in [9.17, 15) is 4.79 Å². The third-order valence-corrected chi connectivity index (χ3v) is 2.83. The van der Waals surface area contributed by atoms with Crippen LogP contribution in [0.1, 0.15) is 25.1 Å². The molecule has 0 fully saturated rings. The fourth-order valence-electron chi connectivity index (χ4n) is 1.85. The van der Waals surface area contributed by atoms with Crippen molar-refractivity contribution in [2.75, 3.05) is 11.9 Å². The van der Waals surface area contributed by atoms with E-state index in [1.165, 1.54) is 0 Å². The maximum absolute atomic E-state index is 11.7. The molecule has 2 N–H and O–H groups in total. The lowest BCUT2D eigenvalue weighted by Crippen LogP contribution is -2.25. The number of hydrogen-bond acceptors (Lipinski definition) is 3. The first-order chi connectivity index (χ1) is 7.59. The smallest absolute Gasteiger partial charge is 0.228 e. The van der Waals surface area contributed by atoms with Gasteiger partial charge in [0.05, 0.1) is 5.69 Å². The number of rotatable bonds is 2. The highest BCUT2D eigenvalue weighted by atomic mass is 16.1. The lowest BCUT2D eigenvalue weighted by molar-refractivity contribution is -0.118. The Hall–Kier alpha value is -1.36. The molecule has 0 aromatic carbocycles. The Balaban J connectivity index is 2.26. The molecule has 0 aliphatic carbocycles. The van der Waals surface area contributed by atoms with Crippen LogP contribution in [0.15, 0.2) is 0 Å². The normalized spacial score (nSPS) is 15.0. The molecule has 2 rings (SSSR count). The molecule has 5 heteroatoms. The van der Waals surface area contributed by atoms with Crippen LogP contribution in [-0.4, -0.2) is 22.2 Å². The summed E-state index contributed by atoms with van der Waals surface area (Å²) in [6.45, 7) is 5.52. The van der Waals surface area contributed by atoms with Crippen LogP contribution >= 0.6 is 0 Å². The number of carbonyl (C=O) groups excluding carboxylic acids is 1. The van der Waals surface area contributed by atoms with Crippen LogP contribution in [0.5, 0.6) is 0 Å². The molecule has 1 amide bonds. The van der Waals surface area contributed by atoms with Gasteiger partial charge in [0.1, 0.15) is 5.82 Å². The van der Waals surface area contributed by atoms with Crippen molar-refractivity contribution < 1.29 is 4.79 Å². The number of nitrogens with one attached hydrogen (secondary N) is 2. The van der Waals surface area contributed by atoms with Crippen LogP contribution in [0, 0.1) is 5.92 Å². The van der Waals surface area contributed by atoms with E-state index >= 15 is 0 Å². The van der Waals surface area contributed by atoms with E-state index in [0.717, 1.165) is 36.6 Å². The molecule has 1 aliphatic rings. The molecule has 2 heterocycles. The Morgan fingerprint density at radius 3 is 3.00 bits per heavy atom. The number of anilines is 1. The second-order valence-electron chi connectivity index (χ2n) is 4.47. The van der Waals surface area contributed by atoms with E-state index in [2.05, 4.69) is 15.7 Å². The second kappa shape index (κ2) is 4.25. The highest BCUT2D eigenvalue weighted by molar-refractivity contribution is 5.92. The number of aromatic nitrogens is 2. The predicted molar refractivity (Wildman–Crippen MR) is 62.1 cm³/mol. The van der Waals surface area contributed by atoms with Gasteiger partial charge in [-0.2, -0.15) is 5.10 Å². The minimum absolute atomic E-state index is 0.0119. The second-order valence-corrected chi connectivity index (χ2v) is 4.47. The summed E-state index contributed by atoms with van der Waals surface area (Å²) < 4.78 is 1.76. The van der Waals surface area contributed by atoms with Gasteiger partial charge in [-0.25, -0.2) is 0 Å². The molecule has 1 aromatic heterocycles. The van der Waals surface area contributed by atoms with Crippen molar-refractivity contribution in [3.05, 3.63) is 11.3 Å². The molecule has 0 saturated heterocycles. The Labute approximate surface area is 95.2 Å². The van der Waals surface area contributed by atoms with Crippen LogP contribution < -0.4 is 10.6 Å². The Morgan fingerprint density at radius 1 is 1.56 bits per heavy atom. The molecule has 0 atom stereocenters. The lowest BCUT2D eigenvalue weighted by atomic mass is 10.1. The summed E-state index contributed by atoms with van der Waals surface area (Å²) in [5, 5.41) is 10.7. The zero-order valence-electron chi connectivity index (χ0n) is 10.0. The molecule has 88 valence electrons. The zero-order valence-corrected chi connectivity index (χ0v) is 10.0. The fraction of sp³-hybridized carbons (Fsp3) is 0.636. The monoisotopic (exact) mass is 222 g/mol. The highest BCUT2D eigenvalue weighted by Gasteiger charge is 2.20. The number of carbonyl (C=O) groups is 1. The van der Waals surface area contributed by atoms with Gasteiger partial charge in [0.25, 0.3) is 0 Å². The van der Waals surface area contributed by atoms with Gasteiger partial charge in [0.15, 0.2) is 0 Å². The first kappa shape index (κ1) is 11.1. The number of nitrogens with zero attached hydrogens (tertiary/aromatic N) is 2. The van der Waals surface area contributed by atoms with E-state index in [1.807, 2.05) is 20.9 Å². The van der Waals surface area contributed by atoms with Crippen molar-refractivity contribution in [2.45, 2.75) is 26.8 Å². The number of fused-ring (bicyclic) bond motifs is 1. The largest absolute Gasteiger partial charge is 0.312 e. The summed E-state index contributed by atoms with van der Waals surface area (Å²) in [7, 11) is 1.87. The molecule has 0 radical (unpaired) electrons. The summed E-state index contributed by atoms with van der Waals surface area (Å²) in [5.74, 6) is 0.861. The Morgan fingerprint density at radius 2 is 2.31 bits per heavy atom. The summed E-state index contributed by atoms with van der Waals surface area (Å²) >= 11 is 0. The van der Waals surface area contributed by atoms with Gasteiger partial charge in [-0.3, -0.25) is 9.48 Å². The zero-order chi connectivity index (χ0) is 11.7. The van der Waals surface area contributed by atoms with Crippen molar-refractivity contribution in [3.8, 4) is 0 Å². The van der Waals surface area contributed by atoms with Gasteiger partial charge in [0.2, 0.25) is 5.91 Å². The Bertz CT molecular complexity index is 408. The molecule has 0 bridgehead atoms. The lowest BCUT2D eigenvalue weighted by Gasteiger charge is -2.14. The van der Waals surface area contributed by atoms with Crippen LogP contribution in [0.3, 0.4) is 0 Å². The summed E-state index contributed by atoms with van der Waals surface area (Å²) in [5.41, 5.74) is 2.23. The van der Waals surface area contributed by atoms with E-state index in [0.29, 0.717) is 0 Å². The summed E-state index contributed by atoms with van der Waals surface area (Å²) in [6.07, 6.45) is 0.931. The first-order valence-electron chi connectivity index (χ1n) is 5.66. The van der Waals surface area contributed by atoms with Crippen molar-refractivity contribution in [1.29, 1.82) is 0 Å². The number of amides is 1. The summed E-state index contributed by atoms with van der Waals surface area (Å²) in [6, 6.07) is 0. The highest BCUT2D eigenvalue weighted by Crippen LogP contribution is 2.22. The van der Waals surface area contributed by atoms with Gasteiger partial charge in [-0.1, -0.05) is 13.8 Å². The SMILES string of the molecule is CC(C)C(=O)Nc1c2c(nn1C)CCNC2. The van der Waals surface area contributed by atoms with E-state index < -0.39 is 0 Å². The third kappa shape index (κ3) is 1.95. The summed E-state index contributed by atoms with van der Waals surface area (Å²) in [4.78, 5) is 11.7. The molecule has 1 aliphatic heterocycles. The molecule has 16 heavy (non-hydrogen) atoms. The predicted octanol–water partition coefficient (Wildman–Crippen LogP) is 0.660. The van der Waals surface area contributed by atoms with Gasteiger partial charge in [-0.05, 0) is 0 Å². The van der Waals surface area contributed by atoms with Crippen LogP contribution in [0.25, 0.3) is 0 Å². The molecule has 0 spiro atoms. The van der Waals surface area contributed by atoms with Crippen molar-refractivity contribution in [2.24, 2.45) is 13.0 Å².